The van der Waals surface area contributed by atoms with Gasteiger partial charge in [-0.25, -0.2) is 0 Å². The molecule has 2 heteroatoms. The number of nitrogens with zero attached hydrogens (tertiary/aromatic N) is 1. The number of carbonyl (C=O) groups is 1. The summed E-state index contributed by atoms with van der Waals surface area (Å²) in [7, 11) is 0. The lowest BCUT2D eigenvalue weighted by Crippen LogP contribution is -1.93. The van der Waals surface area contributed by atoms with E-state index in [9.17, 15) is 4.79 Å². The highest BCUT2D eigenvalue weighted by Gasteiger charge is 2.01. The van der Waals surface area contributed by atoms with Gasteiger partial charge in [0.15, 0.2) is 5.78 Å². The van der Waals surface area contributed by atoms with Crippen molar-refractivity contribution >= 4 is 5.78 Å². The number of hydrogen-bond donors (Lipinski definition) is 0. The average molecular weight is 159 g/mol. The Kier molecular flexibility index (Phi) is 2.25. The standard InChI is InChI=1S/C10H9NO/c1-7-3-9(6-11)5-10(4-7)8(2)12/h3-5H,1-2H3. The van der Waals surface area contributed by atoms with Gasteiger partial charge in [0.1, 0.15) is 0 Å². The molecule has 0 fully saturated rings. The van der Waals surface area contributed by atoms with E-state index in [1.54, 1.807) is 18.2 Å². The van der Waals surface area contributed by atoms with Crippen molar-refractivity contribution in [2.24, 2.45) is 0 Å². The van der Waals surface area contributed by atoms with Crippen molar-refractivity contribution in [3.05, 3.63) is 34.9 Å². The molecule has 0 aliphatic heterocycles. The molecule has 0 aromatic heterocycles. The fraction of sp³-hybridized carbons (Fsp3) is 0.200. The Balaban J connectivity index is 3.26. The van der Waals surface area contributed by atoms with Crippen LogP contribution in [0.25, 0.3) is 0 Å². The predicted molar refractivity (Wildman–Crippen MR) is 45.9 cm³/mol. The second kappa shape index (κ2) is 3.19. The summed E-state index contributed by atoms with van der Waals surface area (Å²) < 4.78 is 0. The quantitative estimate of drug-likeness (QED) is 0.588. The number of rotatable bonds is 1. The molecule has 1 rings (SSSR count). The molecule has 2 nitrogen and oxygen atoms in total. The van der Waals surface area contributed by atoms with Gasteiger partial charge in [-0.2, -0.15) is 5.26 Å². The SMILES string of the molecule is CC(=O)c1cc(C)cc(C#N)c1. The van der Waals surface area contributed by atoms with Gasteiger partial charge in [0.25, 0.3) is 0 Å². The van der Waals surface area contributed by atoms with Gasteiger partial charge in [-0.15, -0.1) is 0 Å². The van der Waals surface area contributed by atoms with Gasteiger partial charge in [-0.3, -0.25) is 4.79 Å². The lowest BCUT2D eigenvalue weighted by atomic mass is 10.1. The Hall–Kier alpha value is -1.62. The summed E-state index contributed by atoms with van der Waals surface area (Å²) in [6, 6.07) is 7.15. The van der Waals surface area contributed by atoms with Crippen molar-refractivity contribution < 1.29 is 4.79 Å². The fourth-order valence-corrected chi connectivity index (χ4v) is 1.05. The van der Waals surface area contributed by atoms with Crippen LogP contribution in [-0.4, -0.2) is 5.78 Å². The highest BCUT2D eigenvalue weighted by molar-refractivity contribution is 5.94. The van der Waals surface area contributed by atoms with Crippen molar-refractivity contribution in [1.82, 2.24) is 0 Å². The Morgan fingerprint density at radius 2 is 2.08 bits per heavy atom. The minimum absolute atomic E-state index is 0.00444. The maximum absolute atomic E-state index is 11.0. The molecular weight excluding hydrogens is 150 g/mol. The van der Waals surface area contributed by atoms with E-state index in [0.29, 0.717) is 11.1 Å². The summed E-state index contributed by atoms with van der Waals surface area (Å²) in [5.74, 6) is -0.00444. The van der Waals surface area contributed by atoms with Gasteiger partial charge in [0.05, 0.1) is 11.6 Å². The number of ketones is 1. The summed E-state index contributed by atoms with van der Waals surface area (Å²) in [4.78, 5) is 11.0. The molecule has 0 aliphatic rings. The van der Waals surface area contributed by atoms with Gasteiger partial charge in [0, 0.05) is 5.56 Å². The van der Waals surface area contributed by atoms with Gasteiger partial charge in [-0.1, -0.05) is 0 Å². The topological polar surface area (TPSA) is 40.9 Å². The molecule has 1 aromatic carbocycles. The van der Waals surface area contributed by atoms with Crippen LogP contribution in [0, 0.1) is 18.3 Å². The van der Waals surface area contributed by atoms with E-state index in [1.807, 2.05) is 13.0 Å². The first-order valence-electron chi connectivity index (χ1n) is 3.66. The third-order valence-electron chi connectivity index (χ3n) is 1.61. The third kappa shape index (κ3) is 1.70. The first kappa shape index (κ1) is 8.48. The highest BCUT2D eigenvalue weighted by Crippen LogP contribution is 2.09. The van der Waals surface area contributed by atoms with Crippen LogP contribution in [0.2, 0.25) is 0 Å². The number of Topliss-reactive ketones (excluding diaryl/α,β-unsaturated/α-hetero) is 1. The van der Waals surface area contributed by atoms with Crippen LogP contribution < -0.4 is 0 Å². The maximum Gasteiger partial charge on any atom is 0.159 e. The van der Waals surface area contributed by atoms with E-state index >= 15 is 0 Å². The molecule has 0 spiro atoms. The summed E-state index contributed by atoms with van der Waals surface area (Å²) >= 11 is 0. The predicted octanol–water partition coefficient (Wildman–Crippen LogP) is 2.07. The van der Waals surface area contributed by atoms with Crippen molar-refractivity contribution in [3.8, 4) is 6.07 Å². The largest absolute Gasteiger partial charge is 0.295 e. The van der Waals surface area contributed by atoms with E-state index in [2.05, 4.69) is 0 Å². The van der Waals surface area contributed by atoms with Crippen molar-refractivity contribution in [2.45, 2.75) is 13.8 Å². The second-order valence-electron chi connectivity index (χ2n) is 2.76. The van der Waals surface area contributed by atoms with Crippen molar-refractivity contribution in [2.75, 3.05) is 0 Å². The maximum atomic E-state index is 11.0. The molecule has 1 aromatic rings. The molecule has 0 aliphatic carbocycles. The van der Waals surface area contributed by atoms with Gasteiger partial charge in [0.2, 0.25) is 0 Å². The summed E-state index contributed by atoms with van der Waals surface area (Å²) in [5, 5.41) is 8.61. The molecule has 60 valence electrons. The number of carbonyl (C=O) groups excluding carboxylic acids is 1. The van der Waals surface area contributed by atoms with Crippen LogP contribution >= 0.6 is 0 Å². The zero-order valence-electron chi connectivity index (χ0n) is 7.09. The number of nitriles is 1. The Labute approximate surface area is 71.4 Å². The van der Waals surface area contributed by atoms with Gasteiger partial charge >= 0.3 is 0 Å². The van der Waals surface area contributed by atoms with Crippen LogP contribution in [0.15, 0.2) is 18.2 Å². The molecule has 0 amide bonds. The van der Waals surface area contributed by atoms with E-state index < -0.39 is 0 Å². The Bertz CT molecular complexity index is 361. The molecule has 0 N–H and O–H groups in total. The smallest absolute Gasteiger partial charge is 0.159 e. The van der Waals surface area contributed by atoms with E-state index in [0.717, 1.165) is 5.56 Å². The first-order chi connectivity index (χ1) is 5.63. The molecular formula is C10H9NO. The molecule has 0 bridgehead atoms. The van der Waals surface area contributed by atoms with Gasteiger partial charge < -0.3 is 0 Å². The minimum Gasteiger partial charge on any atom is -0.295 e. The normalized spacial score (nSPS) is 9.08. The zero-order chi connectivity index (χ0) is 9.14. The number of aryl methyl sites for hydroxylation is 1. The lowest BCUT2D eigenvalue weighted by molar-refractivity contribution is 0.101. The first-order valence-corrected chi connectivity index (χ1v) is 3.66. The van der Waals surface area contributed by atoms with Gasteiger partial charge in [-0.05, 0) is 37.6 Å². The summed E-state index contributed by atoms with van der Waals surface area (Å²) in [6.07, 6.45) is 0. The lowest BCUT2D eigenvalue weighted by Gasteiger charge is -1.98. The second-order valence-corrected chi connectivity index (χ2v) is 2.76. The van der Waals surface area contributed by atoms with Crippen LogP contribution in [0.3, 0.4) is 0 Å². The van der Waals surface area contributed by atoms with Crippen LogP contribution in [0.5, 0.6) is 0 Å². The van der Waals surface area contributed by atoms with Crippen LogP contribution in [0.1, 0.15) is 28.4 Å². The molecule has 0 atom stereocenters. The molecule has 12 heavy (non-hydrogen) atoms. The molecule has 0 radical (unpaired) electrons. The molecule has 0 unspecified atom stereocenters. The molecule has 0 heterocycles. The van der Waals surface area contributed by atoms with Crippen molar-refractivity contribution in [3.63, 3.8) is 0 Å². The number of benzene rings is 1. The number of hydrogen-bond acceptors (Lipinski definition) is 2. The minimum atomic E-state index is -0.00444. The molecule has 0 saturated carbocycles. The van der Waals surface area contributed by atoms with Crippen molar-refractivity contribution in [1.29, 1.82) is 5.26 Å². The Morgan fingerprint density at radius 1 is 1.42 bits per heavy atom. The van der Waals surface area contributed by atoms with E-state index in [-0.39, 0.29) is 5.78 Å². The summed E-state index contributed by atoms with van der Waals surface area (Å²) in [6.45, 7) is 3.36. The van der Waals surface area contributed by atoms with Crippen LogP contribution in [0.4, 0.5) is 0 Å². The van der Waals surface area contributed by atoms with E-state index in [4.69, 9.17) is 5.26 Å². The van der Waals surface area contributed by atoms with E-state index in [1.165, 1.54) is 6.92 Å². The summed E-state index contributed by atoms with van der Waals surface area (Å²) in [5.41, 5.74) is 2.09. The average Bonchev–Trinajstić information content (AvgIpc) is 2.03. The zero-order valence-corrected chi connectivity index (χ0v) is 7.09. The fourth-order valence-electron chi connectivity index (χ4n) is 1.05. The third-order valence-corrected chi connectivity index (χ3v) is 1.61. The molecule has 0 saturated heterocycles. The highest BCUT2D eigenvalue weighted by atomic mass is 16.1. The monoisotopic (exact) mass is 159 g/mol. The Morgan fingerprint density at radius 3 is 2.58 bits per heavy atom. The van der Waals surface area contributed by atoms with Crippen LogP contribution in [-0.2, 0) is 0 Å².